The maximum absolute atomic E-state index is 15.3. The highest BCUT2D eigenvalue weighted by Gasteiger charge is 2.41. The monoisotopic (exact) mass is 1570 g/mol. The number of benzene rings is 4. The molecular weight excluding hydrogens is 1470 g/mol. The molecule has 112 heavy (non-hydrogen) atoms. The van der Waals surface area contributed by atoms with Gasteiger partial charge >= 0.3 is 5.97 Å². The van der Waals surface area contributed by atoms with Crippen molar-refractivity contribution in [3.63, 3.8) is 0 Å². The number of phenols is 1. The molecule has 0 unspecified atom stereocenters. The van der Waals surface area contributed by atoms with Gasteiger partial charge in [-0.1, -0.05) is 105 Å². The molecular formula is C75H100N18O18S. The first-order valence-electron chi connectivity index (χ1n) is 35.9. The van der Waals surface area contributed by atoms with Gasteiger partial charge in [-0.25, -0.2) is 0 Å². The first-order chi connectivity index (χ1) is 53.1. The molecule has 1 saturated heterocycles. The number of hydrogen-bond acceptors (Lipinski definition) is 19. The van der Waals surface area contributed by atoms with Crippen LogP contribution in [0, 0.1) is 11.3 Å². The highest BCUT2D eigenvalue weighted by Crippen LogP contribution is 2.23. The number of nitrogens with two attached hydrogens (primary N) is 2. The molecule has 6 rings (SSSR count). The molecule has 5 aromatic rings. The molecule has 10 atom stereocenters. The third-order valence-electron chi connectivity index (χ3n) is 18.7. The molecule has 0 aliphatic carbocycles. The lowest BCUT2D eigenvalue weighted by Gasteiger charge is -2.34. The Kier molecular flexibility index (Phi) is 33.8. The number of guanidine groups is 1. The number of aliphatic hydroxyl groups excluding tert-OH is 1. The number of aromatic amines is 1. The summed E-state index contributed by atoms with van der Waals surface area (Å²) < 4.78 is 0. The molecule has 1 aliphatic heterocycles. The number of phenolic OH excluding ortho intramolecular Hbond substituents is 1. The van der Waals surface area contributed by atoms with Crippen LogP contribution >= 0.6 is 11.8 Å². The Hall–Kier alpha value is -12.1. The number of carbonyl (C=O) groups excluding carboxylic acids is 14. The zero-order valence-electron chi connectivity index (χ0n) is 63.5. The molecule has 36 nitrogen and oxygen atoms in total. The largest absolute Gasteiger partial charge is 0.508 e. The van der Waals surface area contributed by atoms with Gasteiger partial charge in [0.2, 0.25) is 82.7 Å². The molecule has 604 valence electrons. The van der Waals surface area contributed by atoms with E-state index in [9.17, 15) is 72.9 Å². The van der Waals surface area contributed by atoms with Gasteiger partial charge in [0, 0.05) is 90.3 Å². The summed E-state index contributed by atoms with van der Waals surface area (Å²) in [5, 5.41) is 62.0. The van der Waals surface area contributed by atoms with Crippen LogP contribution in [0.1, 0.15) is 62.3 Å². The van der Waals surface area contributed by atoms with Crippen LogP contribution in [-0.2, 0) is 97.6 Å². The van der Waals surface area contributed by atoms with Crippen LogP contribution in [0.3, 0.4) is 0 Å². The molecule has 2 heterocycles. The highest BCUT2D eigenvalue weighted by molar-refractivity contribution is 8.00. The van der Waals surface area contributed by atoms with E-state index < -0.39 is 205 Å². The summed E-state index contributed by atoms with van der Waals surface area (Å²) in [5.74, 6) is -17.3. The number of aliphatic carboxylic acids is 1. The predicted octanol–water partition coefficient (Wildman–Crippen LogP) is -3.31. The minimum atomic E-state index is -1.93. The molecule has 0 radical (unpaired) electrons. The van der Waals surface area contributed by atoms with Crippen LogP contribution in [0.15, 0.2) is 115 Å². The Bertz CT molecular complexity index is 4190. The SMILES string of the molecule is CC(C)[C@@H]1NC(=O)[C@H](CC(=O)O)NC(=O)[C@H](C)N(C)C(=O)[C@@H](Cc2c[nH]c3ccccc23)NC(=O)CSC[C@@H](C(=O)NCC(N)=O)NC(=O)[C@H](Cc2ccccc2)N(C)C(=O)[C@H](Cc2ccc(O)cc2)NC(=O)CN(C)C(=O)[C@H](Cc2ccccc2)N(C)C(=O)[C@H](CCCNC(=N)N)NC(=O)CNC(=O)[C@H](CO)N(C)C1=O. The van der Waals surface area contributed by atoms with Crippen molar-refractivity contribution in [2.24, 2.45) is 17.4 Å². The number of aliphatic hydroxyl groups is 1. The number of primary amides is 1. The number of thioether (sulfide) groups is 1. The number of hydrogen-bond donors (Lipinski definition) is 16. The maximum Gasteiger partial charge on any atom is 0.305 e. The maximum atomic E-state index is 15.3. The standard InChI is InChI=1S/C75H100N18O18S/c1-42(2)64-74(111)93(8)58(39-94)68(105)82-37-60(97)83-51(24-17-29-79-75(77)78)70(107)92(7)57(32-45-20-13-10-14-21-45)73(110)89(4)38-61(98)84-53(30-46-25-27-48(95)28-26-46)72(109)91(6)56(31-44-18-11-9-12-19-44)69(106)87-55(66(103)81-36-59(76)96)40-112-41-62(99)85-54(33-47-35-80-50-23-16-15-22-49(47)50)71(108)90(5)43(3)65(102)86-52(34-63(100)101)67(104)88-64/h9-16,18-23,25-28,35,42-43,51-58,64,80,94-95H,17,24,29-34,36-41H2,1-8H3,(H2,76,96)(H,81,103)(H,82,105)(H,83,97)(H,84,98)(H,85,99)(H,86,102)(H,87,106)(H,88,104)(H,100,101)(H4,77,78,79)/t43-,51-,52-,53-,54+,55-,56-,57-,58-,64-/m0/s1. The average molecular weight is 1570 g/mol. The normalized spacial score (nSPS) is 22.4. The molecule has 18 N–H and O–H groups in total. The number of nitrogens with zero attached hydrogens (tertiary/aromatic N) is 5. The van der Waals surface area contributed by atoms with E-state index in [0.29, 0.717) is 33.2 Å². The summed E-state index contributed by atoms with van der Waals surface area (Å²) in [6.07, 6.45) is -0.415. The molecule has 1 fully saturated rings. The minimum Gasteiger partial charge on any atom is -0.508 e. The van der Waals surface area contributed by atoms with Crippen LogP contribution in [0.25, 0.3) is 10.9 Å². The number of aromatic nitrogens is 1. The first-order valence-corrected chi connectivity index (χ1v) is 37.1. The van der Waals surface area contributed by atoms with E-state index in [1.165, 1.54) is 73.2 Å². The number of fused-ring (bicyclic) bond motifs is 1. The van der Waals surface area contributed by atoms with E-state index in [0.717, 1.165) is 43.3 Å². The number of nitrogens with one attached hydrogen (secondary N) is 11. The van der Waals surface area contributed by atoms with E-state index >= 15 is 14.4 Å². The van der Waals surface area contributed by atoms with E-state index in [4.69, 9.17) is 16.9 Å². The second-order valence-corrected chi connectivity index (χ2v) is 28.5. The number of carboxylic acids is 1. The van der Waals surface area contributed by atoms with Crippen molar-refractivity contribution in [3.05, 3.63) is 138 Å². The van der Waals surface area contributed by atoms with E-state index in [2.05, 4.69) is 52.8 Å². The zero-order chi connectivity index (χ0) is 82.6. The smallest absolute Gasteiger partial charge is 0.305 e. The van der Waals surface area contributed by atoms with E-state index in [1.54, 1.807) is 91.1 Å². The van der Waals surface area contributed by atoms with Crippen molar-refractivity contribution in [1.29, 1.82) is 5.41 Å². The molecule has 0 saturated carbocycles. The van der Waals surface area contributed by atoms with Gasteiger partial charge in [-0.3, -0.25) is 77.3 Å². The number of carboxylic acid groups (broad SMARTS) is 1. The second-order valence-electron chi connectivity index (χ2n) is 27.4. The number of H-pyrrole nitrogens is 1. The van der Waals surface area contributed by atoms with Crippen LogP contribution < -0.4 is 59.3 Å². The number of para-hydroxylation sites is 1. The Balaban J connectivity index is 1.43. The summed E-state index contributed by atoms with van der Waals surface area (Å²) in [7, 11) is 6.15. The van der Waals surface area contributed by atoms with Gasteiger partial charge in [0.15, 0.2) is 5.96 Å². The fraction of sp³-hybridized carbons (Fsp3) is 0.440. The number of aromatic hydroxyl groups is 1. The Morgan fingerprint density at radius 2 is 1.13 bits per heavy atom. The van der Waals surface area contributed by atoms with Crippen molar-refractivity contribution in [1.82, 2.24) is 77.3 Å². The van der Waals surface area contributed by atoms with Crippen LogP contribution in [0.4, 0.5) is 0 Å². The van der Waals surface area contributed by atoms with Gasteiger partial charge in [-0.05, 0) is 66.1 Å². The van der Waals surface area contributed by atoms with Gasteiger partial charge in [-0.2, -0.15) is 0 Å². The topological polar surface area (TPSA) is 533 Å². The summed E-state index contributed by atoms with van der Waals surface area (Å²) >= 11 is 0.793. The first kappa shape index (κ1) is 88.7. The van der Waals surface area contributed by atoms with Gasteiger partial charge in [0.1, 0.15) is 66.2 Å². The zero-order valence-corrected chi connectivity index (χ0v) is 64.3. The fourth-order valence-electron chi connectivity index (χ4n) is 12.2. The van der Waals surface area contributed by atoms with Crippen LogP contribution in [-0.4, -0.2) is 279 Å². The number of rotatable bonds is 19. The molecule has 0 bridgehead atoms. The summed E-state index contributed by atoms with van der Waals surface area (Å²) in [6.45, 7) is 0.848. The van der Waals surface area contributed by atoms with Crippen LogP contribution in [0.2, 0.25) is 0 Å². The molecule has 4 aromatic carbocycles. The van der Waals surface area contributed by atoms with Gasteiger partial charge < -0.3 is 104 Å². The fourth-order valence-corrected chi connectivity index (χ4v) is 13.1. The van der Waals surface area contributed by atoms with E-state index in [-0.39, 0.29) is 50.8 Å². The summed E-state index contributed by atoms with van der Waals surface area (Å²) in [6, 6.07) is 13.7. The molecule has 37 heteroatoms. The average Bonchev–Trinajstić information content (AvgIpc) is 1.66. The molecule has 0 spiro atoms. The van der Waals surface area contributed by atoms with Gasteiger partial charge in [0.05, 0.1) is 38.4 Å². The van der Waals surface area contributed by atoms with E-state index in [1.807, 2.05) is 0 Å². The lowest BCUT2D eigenvalue weighted by Crippen LogP contribution is -2.61. The third-order valence-corrected chi connectivity index (χ3v) is 19.8. The van der Waals surface area contributed by atoms with Crippen molar-refractivity contribution >= 4 is 117 Å². The van der Waals surface area contributed by atoms with Crippen LogP contribution in [0.5, 0.6) is 5.75 Å². The Morgan fingerprint density at radius 1 is 0.580 bits per heavy atom. The second kappa shape index (κ2) is 42.7. The highest BCUT2D eigenvalue weighted by atomic mass is 32.2. The lowest BCUT2D eigenvalue weighted by atomic mass is 10.0. The summed E-state index contributed by atoms with van der Waals surface area (Å²) in [4.78, 5) is 221. The van der Waals surface area contributed by atoms with Crippen molar-refractivity contribution < 1.29 is 87.2 Å². The predicted molar refractivity (Wildman–Crippen MR) is 411 cm³/mol. The number of amides is 14. The molecule has 14 amide bonds. The molecule has 1 aromatic heterocycles. The number of carbonyl (C=O) groups is 15. The molecule has 1 aliphatic rings. The lowest BCUT2D eigenvalue weighted by molar-refractivity contribution is -0.147. The number of likely N-dealkylation sites (N-methyl/N-ethyl adjacent to an activating group) is 5. The van der Waals surface area contributed by atoms with Gasteiger partial charge in [-0.15, -0.1) is 11.8 Å². The van der Waals surface area contributed by atoms with Crippen molar-refractivity contribution in [2.75, 3.05) is 79.5 Å². The quantitative estimate of drug-likeness (QED) is 0.0219. The minimum absolute atomic E-state index is 0.0193. The van der Waals surface area contributed by atoms with Crippen molar-refractivity contribution in [3.8, 4) is 5.75 Å². The Morgan fingerprint density at radius 3 is 1.74 bits per heavy atom. The van der Waals surface area contributed by atoms with Crippen molar-refractivity contribution in [2.45, 2.75) is 126 Å². The third kappa shape index (κ3) is 26.3. The Labute approximate surface area is 650 Å². The van der Waals surface area contributed by atoms with Gasteiger partial charge in [0.25, 0.3) is 0 Å². The summed E-state index contributed by atoms with van der Waals surface area (Å²) in [5.41, 5.74) is 13.6.